The Labute approximate surface area is 167 Å². The molecular weight excluding hydrogens is 371 g/mol. The number of carbonyl (C=O) groups is 1. The Kier molecular flexibility index (Phi) is 4.95. The SMILES string of the molecule is COC(=O)c1ccc(CN(c2ccc(F)cn2)c2[nH]c3ccccc3[n+]2C)cc1. The van der Waals surface area contributed by atoms with Crippen LogP contribution < -0.4 is 9.47 Å². The van der Waals surface area contributed by atoms with E-state index in [2.05, 4.69) is 9.97 Å². The average molecular weight is 391 g/mol. The van der Waals surface area contributed by atoms with Gasteiger partial charge in [0.25, 0.3) is 0 Å². The van der Waals surface area contributed by atoms with Gasteiger partial charge >= 0.3 is 11.9 Å². The summed E-state index contributed by atoms with van der Waals surface area (Å²) in [7, 11) is 3.32. The molecule has 2 aromatic heterocycles. The fourth-order valence-corrected chi connectivity index (χ4v) is 3.28. The van der Waals surface area contributed by atoms with Gasteiger partial charge in [0, 0.05) is 0 Å². The first-order valence-corrected chi connectivity index (χ1v) is 9.10. The summed E-state index contributed by atoms with van der Waals surface area (Å²) in [5.74, 6) is 0.640. The van der Waals surface area contributed by atoms with Crippen LogP contribution in [0.3, 0.4) is 0 Å². The number of rotatable bonds is 5. The van der Waals surface area contributed by atoms with Crippen molar-refractivity contribution in [2.45, 2.75) is 6.54 Å². The van der Waals surface area contributed by atoms with Gasteiger partial charge in [0.15, 0.2) is 5.82 Å². The van der Waals surface area contributed by atoms with Crippen LogP contribution in [0.1, 0.15) is 15.9 Å². The summed E-state index contributed by atoms with van der Waals surface area (Å²) < 4.78 is 20.2. The predicted octanol–water partition coefficient (Wildman–Crippen LogP) is 3.65. The minimum absolute atomic E-state index is 0.379. The lowest BCUT2D eigenvalue weighted by molar-refractivity contribution is -0.631. The highest BCUT2D eigenvalue weighted by atomic mass is 19.1. The van der Waals surface area contributed by atoms with Crippen molar-refractivity contribution >= 4 is 28.8 Å². The molecule has 0 atom stereocenters. The highest BCUT2D eigenvalue weighted by Gasteiger charge is 2.25. The molecule has 146 valence electrons. The molecule has 0 saturated heterocycles. The molecule has 0 saturated carbocycles. The molecule has 4 rings (SSSR count). The lowest BCUT2D eigenvalue weighted by Gasteiger charge is -2.16. The first-order chi connectivity index (χ1) is 14.1. The third kappa shape index (κ3) is 3.67. The molecule has 0 aliphatic rings. The number of fused-ring (bicyclic) bond motifs is 1. The van der Waals surface area contributed by atoms with E-state index >= 15 is 0 Å². The van der Waals surface area contributed by atoms with Crippen LogP contribution in [0.4, 0.5) is 16.2 Å². The molecular formula is C22H20FN4O2+. The Morgan fingerprint density at radius 2 is 1.90 bits per heavy atom. The number of imidazole rings is 1. The Hall–Kier alpha value is -3.74. The highest BCUT2D eigenvalue weighted by Crippen LogP contribution is 2.24. The maximum atomic E-state index is 13.4. The average Bonchev–Trinajstić information content (AvgIpc) is 3.09. The largest absolute Gasteiger partial charge is 0.465 e. The molecule has 0 bridgehead atoms. The third-order valence-corrected chi connectivity index (χ3v) is 4.79. The van der Waals surface area contributed by atoms with Crippen molar-refractivity contribution in [1.29, 1.82) is 0 Å². The van der Waals surface area contributed by atoms with E-state index in [0.717, 1.165) is 22.5 Å². The lowest BCUT2D eigenvalue weighted by atomic mass is 10.1. The van der Waals surface area contributed by atoms with E-state index in [9.17, 15) is 9.18 Å². The Morgan fingerprint density at radius 3 is 2.55 bits per heavy atom. The number of aryl methyl sites for hydroxylation is 1. The molecule has 0 unspecified atom stereocenters. The molecule has 0 aliphatic heterocycles. The number of carbonyl (C=O) groups excluding carboxylic acids is 1. The number of aromatic nitrogens is 3. The predicted molar refractivity (Wildman–Crippen MR) is 107 cm³/mol. The number of pyridine rings is 1. The van der Waals surface area contributed by atoms with E-state index in [1.807, 2.05) is 52.9 Å². The van der Waals surface area contributed by atoms with Gasteiger partial charge in [-0.05, 0) is 42.0 Å². The molecule has 0 aliphatic carbocycles. The summed E-state index contributed by atoms with van der Waals surface area (Å²) in [5.41, 5.74) is 3.47. The number of H-pyrrole nitrogens is 1. The number of anilines is 2. The smallest absolute Gasteiger partial charge is 0.364 e. The molecule has 0 fully saturated rings. The highest BCUT2D eigenvalue weighted by molar-refractivity contribution is 5.89. The third-order valence-electron chi connectivity index (χ3n) is 4.79. The summed E-state index contributed by atoms with van der Waals surface area (Å²) >= 11 is 0. The molecule has 0 spiro atoms. The lowest BCUT2D eigenvalue weighted by Crippen LogP contribution is -2.36. The van der Waals surface area contributed by atoms with Gasteiger partial charge in [0.2, 0.25) is 0 Å². The van der Waals surface area contributed by atoms with Gasteiger partial charge in [-0.3, -0.25) is 0 Å². The van der Waals surface area contributed by atoms with Crippen molar-refractivity contribution in [3.05, 3.63) is 83.8 Å². The summed E-state index contributed by atoms with van der Waals surface area (Å²) in [6.07, 6.45) is 1.20. The number of esters is 1. The maximum Gasteiger partial charge on any atom is 0.364 e. The topological polar surface area (TPSA) is 62.1 Å². The van der Waals surface area contributed by atoms with Crippen LogP contribution in [0.15, 0.2) is 66.9 Å². The molecule has 4 aromatic rings. The van der Waals surface area contributed by atoms with Crippen LogP contribution in [-0.4, -0.2) is 23.0 Å². The Bertz CT molecular complexity index is 1150. The number of hydrogen-bond donors (Lipinski definition) is 1. The zero-order valence-corrected chi connectivity index (χ0v) is 16.1. The van der Waals surface area contributed by atoms with Crippen LogP contribution in [0.5, 0.6) is 0 Å². The first-order valence-electron chi connectivity index (χ1n) is 9.10. The minimum atomic E-state index is -0.392. The molecule has 6 nitrogen and oxygen atoms in total. The van der Waals surface area contributed by atoms with Gasteiger partial charge in [-0.1, -0.05) is 24.3 Å². The molecule has 7 heteroatoms. The second kappa shape index (κ2) is 7.71. The van der Waals surface area contributed by atoms with Crippen molar-refractivity contribution in [2.75, 3.05) is 12.0 Å². The van der Waals surface area contributed by atoms with Crippen LogP contribution in [0, 0.1) is 5.82 Å². The minimum Gasteiger partial charge on any atom is -0.465 e. The summed E-state index contributed by atoms with van der Waals surface area (Å²) in [5, 5.41) is 0. The van der Waals surface area contributed by atoms with E-state index in [1.165, 1.54) is 19.4 Å². The zero-order valence-electron chi connectivity index (χ0n) is 16.1. The van der Waals surface area contributed by atoms with Crippen LogP contribution >= 0.6 is 0 Å². The molecule has 2 aromatic carbocycles. The van der Waals surface area contributed by atoms with Crippen LogP contribution in [-0.2, 0) is 18.3 Å². The molecule has 0 radical (unpaired) electrons. The normalized spacial score (nSPS) is 10.9. The van der Waals surface area contributed by atoms with Gasteiger partial charge < -0.3 is 4.74 Å². The van der Waals surface area contributed by atoms with Gasteiger partial charge in [0.1, 0.15) is 16.9 Å². The Morgan fingerprint density at radius 1 is 1.14 bits per heavy atom. The van der Waals surface area contributed by atoms with Crippen molar-refractivity contribution in [3.63, 3.8) is 0 Å². The number of methoxy groups -OCH3 is 1. The van der Waals surface area contributed by atoms with Crippen LogP contribution in [0.2, 0.25) is 0 Å². The number of nitrogens with one attached hydrogen (secondary N) is 1. The van der Waals surface area contributed by atoms with Crippen molar-refractivity contribution in [1.82, 2.24) is 9.97 Å². The van der Waals surface area contributed by atoms with E-state index in [1.54, 1.807) is 18.2 Å². The van der Waals surface area contributed by atoms with Crippen molar-refractivity contribution in [3.8, 4) is 0 Å². The monoisotopic (exact) mass is 391 g/mol. The molecule has 2 heterocycles. The second-order valence-corrected chi connectivity index (χ2v) is 6.63. The summed E-state index contributed by atoms with van der Waals surface area (Å²) in [6, 6.07) is 18.2. The fraction of sp³-hybridized carbons (Fsp3) is 0.136. The maximum absolute atomic E-state index is 13.4. The number of hydrogen-bond acceptors (Lipinski definition) is 4. The summed E-state index contributed by atoms with van der Waals surface area (Å²) in [4.78, 5) is 21.3. The van der Waals surface area contributed by atoms with Gasteiger partial charge in [0.05, 0.1) is 32.5 Å². The van der Waals surface area contributed by atoms with E-state index in [0.29, 0.717) is 17.9 Å². The van der Waals surface area contributed by atoms with Crippen molar-refractivity contribution < 1.29 is 18.5 Å². The summed E-state index contributed by atoms with van der Waals surface area (Å²) in [6.45, 7) is 0.473. The van der Waals surface area contributed by atoms with E-state index in [4.69, 9.17) is 4.74 Å². The Balaban J connectivity index is 1.75. The van der Waals surface area contributed by atoms with Gasteiger partial charge in [-0.15, -0.1) is 0 Å². The van der Waals surface area contributed by atoms with Crippen LogP contribution in [0.25, 0.3) is 11.0 Å². The molecule has 29 heavy (non-hydrogen) atoms. The number of nitrogens with zero attached hydrogens (tertiary/aromatic N) is 3. The van der Waals surface area contributed by atoms with Crippen molar-refractivity contribution in [2.24, 2.45) is 7.05 Å². The van der Waals surface area contributed by atoms with Gasteiger partial charge in [-0.2, -0.15) is 0 Å². The number of ether oxygens (including phenoxy) is 1. The zero-order chi connectivity index (χ0) is 20.4. The quantitative estimate of drug-likeness (QED) is 0.417. The van der Waals surface area contributed by atoms with E-state index < -0.39 is 5.82 Å². The number of aromatic amines is 1. The fourth-order valence-electron chi connectivity index (χ4n) is 3.28. The number of benzene rings is 2. The first kappa shape index (κ1) is 18.6. The van der Waals surface area contributed by atoms with Gasteiger partial charge in [-0.25, -0.2) is 28.6 Å². The second-order valence-electron chi connectivity index (χ2n) is 6.63. The molecule has 0 amide bonds. The standard InChI is InChI=1S/C22H19FN4O2/c1-26-19-6-4-3-5-18(19)25-22(26)27(20-12-11-17(23)13-24-20)14-15-7-9-16(10-8-15)21(28)29-2/h3-13H,14H2,1-2H3/p+1. The van der Waals surface area contributed by atoms with E-state index in [-0.39, 0.29) is 5.97 Å². The number of halogens is 1. The number of para-hydroxylation sites is 2. The molecule has 1 N–H and O–H groups in total.